The van der Waals surface area contributed by atoms with E-state index in [1.165, 1.54) is 19.0 Å². The molecule has 224 valence electrons. The van der Waals surface area contributed by atoms with Crippen LogP contribution in [-0.4, -0.2) is 122 Å². The van der Waals surface area contributed by atoms with Gasteiger partial charge in [0.15, 0.2) is 0 Å². The Bertz CT molecular complexity index is 1590. The Morgan fingerprint density at radius 2 is 1.29 bits per heavy atom. The van der Waals surface area contributed by atoms with E-state index in [9.17, 15) is 15.0 Å². The number of hydrogen-bond donors (Lipinski definition) is 4. The molecule has 0 spiro atoms. The monoisotopic (exact) mass is 716 g/mol. The van der Waals surface area contributed by atoms with Crippen molar-refractivity contribution in [2.45, 2.75) is 71.4 Å². The molecular weight excluding hydrogens is 686 g/mol. The van der Waals surface area contributed by atoms with Gasteiger partial charge in [0, 0.05) is 0 Å². The summed E-state index contributed by atoms with van der Waals surface area (Å²) in [6.07, 6.45) is 0.513. The van der Waals surface area contributed by atoms with Crippen LogP contribution in [0.5, 0.6) is 0 Å². The first-order valence-corrected chi connectivity index (χ1v) is 18.6. The predicted octanol–water partition coefficient (Wildman–Crippen LogP) is -0.421. The Morgan fingerprint density at radius 1 is 0.762 bits per heavy atom. The van der Waals surface area contributed by atoms with Crippen molar-refractivity contribution < 1.29 is 34.0 Å². The third-order valence-electron chi connectivity index (χ3n) is 7.07. The van der Waals surface area contributed by atoms with Gasteiger partial charge in [-0.15, -0.1) is 0 Å². The molecule has 0 saturated carbocycles. The molecule has 19 heteroatoms. The maximum atomic E-state index is 11.5. The van der Waals surface area contributed by atoms with E-state index >= 15 is 0 Å². The molecule has 4 aromatic rings. The van der Waals surface area contributed by atoms with Crippen molar-refractivity contribution in [3.8, 4) is 0 Å². The zero-order valence-corrected chi connectivity index (χ0v) is 25.8. The first kappa shape index (κ1) is 28.9. The van der Waals surface area contributed by atoms with E-state index in [2.05, 4.69) is 41.5 Å². The molecule has 0 amide bonds. The summed E-state index contributed by atoms with van der Waals surface area (Å²) in [6, 6.07) is 0. The van der Waals surface area contributed by atoms with Crippen molar-refractivity contribution in [3.63, 3.8) is 0 Å². The number of carbonyl (C=O) groups is 1. The number of nitrogen functional groups attached to an aromatic ring is 2. The summed E-state index contributed by atoms with van der Waals surface area (Å²) in [7, 11) is 0. The second-order valence-corrected chi connectivity index (χ2v) is 13.4. The minimum absolute atomic E-state index is 0.178. The van der Waals surface area contributed by atoms with Crippen molar-refractivity contribution in [2.24, 2.45) is 0 Å². The molecule has 3 fully saturated rings. The van der Waals surface area contributed by atoms with E-state index in [-0.39, 0.29) is 18.0 Å². The quantitative estimate of drug-likeness (QED) is 0.147. The van der Waals surface area contributed by atoms with Gasteiger partial charge in [0.2, 0.25) is 0 Å². The molecular formula is C23H28N10O7Se2. The van der Waals surface area contributed by atoms with Crippen LogP contribution in [0, 0.1) is 0 Å². The average molecular weight is 714 g/mol. The van der Waals surface area contributed by atoms with Gasteiger partial charge < -0.3 is 0 Å². The molecule has 4 aromatic heterocycles. The van der Waals surface area contributed by atoms with Crippen molar-refractivity contribution in [1.82, 2.24) is 39.0 Å². The Morgan fingerprint density at radius 3 is 1.88 bits per heavy atom. The van der Waals surface area contributed by atoms with Gasteiger partial charge >= 0.3 is 251 Å². The van der Waals surface area contributed by atoms with Crippen molar-refractivity contribution in [1.29, 1.82) is 0 Å². The number of anilines is 2. The van der Waals surface area contributed by atoms with Crippen molar-refractivity contribution in [3.05, 3.63) is 25.3 Å². The van der Waals surface area contributed by atoms with E-state index < -0.39 is 43.0 Å². The zero-order chi connectivity index (χ0) is 29.5. The van der Waals surface area contributed by atoms with E-state index in [0.29, 0.717) is 58.1 Å². The molecule has 8 atom stereocenters. The van der Waals surface area contributed by atoms with E-state index in [0.717, 1.165) is 10.6 Å². The van der Waals surface area contributed by atoms with Crippen LogP contribution in [0.1, 0.15) is 12.5 Å². The van der Waals surface area contributed by atoms with Gasteiger partial charge in [-0.25, -0.2) is 0 Å². The first-order chi connectivity index (χ1) is 20.3. The van der Waals surface area contributed by atoms with Gasteiger partial charge in [-0.05, 0) is 0 Å². The van der Waals surface area contributed by atoms with E-state index in [4.69, 9.17) is 30.4 Å². The Hall–Kier alpha value is -3.15. The number of aromatic nitrogens is 8. The van der Waals surface area contributed by atoms with Crippen LogP contribution in [0.3, 0.4) is 0 Å². The number of fused-ring (bicyclic) bond motifs is 3. The van der Waals surface area contributed by atoms with Gasteiger partial charge in [0.05, 0.1) is 0 Å². The number of imidazole rings is 2. The predicted molar refractivity (Wildman–Crippen MR) is 147 cm³/mol. The summed E-state index contributed by atoms with van der Waals surface area (Å²) < 4.78 is 25.6. The molecule has 3 aliphatic heterocycles. The number of nitrogens with two attached hydrogens (primary N) is 2. The number of aliphatic hydroxyl groups excluding tert-OH is 2. The molecule has 6 N–H and O–H groups in total. The third kappa shape index (κ3) is 5.05. The number of aliphatic hydroxyl groups is 2. The number of carbonyl (C=O) groups excluding carboxylic acids is 1. The molecule has 42 heavy (non-hydrogen) atoms. The Labute approximate surface area is 250 Å². The molecule has 7 heterocycles. The van der Waals surface area contributed by atoms with Gasteiger partial charge in [0.25, 0.3) is 0 Å². The van der Waals surface area contributed by atoms with E-state index in [1.807, 2.05) is 0 Å². The number of ether oxygens (including phenoxy) is 4. The summed E-state index contributed by atoms with van der Waals surface area (Å²) in [6.45, 7) is 0. The summed E-state index contributed by atoms with van der Waals surface area (Å²) in [5, 5.41) is 21.8. The average Bonchev–Trinajstić information content (AvgIpc) is 3.78. The number of nitrogens with zero attached hydrogens (tertiary/aromatic N) is 8. The zero-order valence-electron chi connectivity index (χ0n) is 22.3. The summed E-state index contributed by atoms with van der Waals surface area (Å²) in [5.74, 6) is 4.74. The molecule has 0 aromatic carbocycles. The molecule has 0 aliphatic carbocycles. The van der Waals surface area contributed by atoms with Crippen molar-refractivity contribution in [2.75, 3.05) is 11.5 Å². The van der Waals surface area contributed by atoms with Crippen LogP contribution in [0.2, 0.25) is 22.3 Å². The second kappa shape index (κ2) is 11.9. The minimum atomic E-state index is -1.02. The number of rotatable bonds is 6. The fourth-order valence-electron chi connectivity index (χ4n) is 5.12. The SMILES string of the molecule is C[Se]C[C@H]1O[C@@H](n2cnc3c(N)ncnc32)[C@@H](O)C1O.C[Se]C[C@H]1O[C@@H](n2cnc3c(N)ncnc32)[C@H]2OC(=O)OC12. The van der Waals surface area contributed by atoms with Gasteiger partial charge in [-0.1, -0.05) is 0 Å². The Balaban J connectivity index is 0.000000151. The van der Waals surface area contributed by atoms with Crippen LogP contribution in [-0.2, 0) is 18.9 Å². The first-order valence-electron chi connectivity index (χ1n) is 12.7. The van der Waals surface area contributed by atoms with Gasteiger partial charge in [-0.2, -0.15) is 0 Å². The Kier molecular flexibility index (Phi) is 8.17. The number of hydrogen-bond acceptors (Lipinski definition) is 15. The second-order valence-electron chi connectivity index (χ2n) is 9.60. The summed E-state index contributed by atoms with van der Waals surface area (Å²) in [4.78, 5) is 35.9. The molecule has 3 aliphatic rings. The molecule has 0 bridgehead atoms. The van der Waals surface area contributed by atoms with Crippen LogP contribution >= 0.6 is 0 Å². The van der Waals surface area contributed by atoms with Crippen LogP contribution in [0.4, 0.5) is 16.4 Å². The normalized spacial score (nSPS) is 30.2. The van der Waals surface area contributed by atoms with Crippen LogP contribution < -0.4 is 11.5 Å². The van der Waals surface area contributed by atoms with Crippen LogP contribution in [0.15, 0.2) is 25.3 Å². The fourth-order valence-corrected chi connectivity index (χ4v) is 7.64. The maximum absolute atomic E-state index is 11.5. The molecule has 3 saturated heterocycles. The van der Waals surface area contributed by atoms with Gasteiger partial charge in [-0.3, -0.25) is 0 Å². The standard InChI is InChI=1S/C12H13N5O4Se.C11H15N5O3Se/c1-22-2-5-7-8(21-12(18)20-7)11(19-5)17-4-16-6-9(13)14-3-15-10(6)17;1-20-2-5-7(17)8(18)11(19-5)16-4-15-6-9(12)13-3-14-10(6)16/h3-5,7-8,11H,2H2,1H3,(H2,13,14,15);3-5,7-8,11,17-18H,2H2,1H3,(H2,12,13,14)/t2*5-,7?,8+,11-/m11/s1. The third-order valence-corrected chi connectivity index (χ3v) is 9.85. The van der Waals surface area contributed by atoms with Crippen molar-refractivity contribution >= 4 is 70.0 Å². The molecule has 17 nitrogen and oxygen atoms in total. The van der Waals surface area contributed by atoms with Gasteiger partial charge in [0.1, 0.15) is 0 Å². The van der Waals surface area contributed by atoms with E-state index in [1.54, 1.807) is 15.5 Å². The van der Waals surface area contributed by atoms with Crippen LogP contribution in [0.25, 0.3) is 22.3 Å². The molecule has 2 unspecified atom stereocenters. The fraction of sp³-hybridized carbons (Fsp3) is 0.522. The molecule has 7 rings (SSSR count). The summed E-state index contributed by atoms with van der Waals surface area (Å²) in [5.41, 5.74) is 13.5. The summed E-state index contributed by atoms with van der Waals surface area (Å²) >= 11 is 0.743. The molecule has 0 radical (unpaired) electrons. The topological polar surface area (TPSA) is 234 Å².